The van der Waals surface area contributed by atoms with Crippen molar-refractivity contribution in [2.45, 2.75) is 18.9 Å². The van der Waals surface area contributed by atoms with Crippen LogP contribution in [-0.2, 0) is 11.8 Å². The molecule has 1 amide bonds. The number of aromatic nitrogens is 2. The predicted molar refractivity (Wildman–Crippen MR) is 140 cm³/mol. The van der Waals surface area contributed by atoms with Gasteiger partial charge in [0.2, 0.25) is 0 Å². The molecule has 2 unspecified atom stereocenters. The number of rotatable bonds is 6. The Labute approximate surface area is 221 Å². The molecule has 10 nitrogen and oxygen atoms in total. The summed E-state index contributed by atoms with van der Waals surface area (Å²) in [5.41, 5.74) is 6.65. The van der Waals surface area contributed by atoms with Crippen LogP contribution in [-0.4, -0.2) is 54.2 Å². The summed E-state index contributed by atoms with van der Waals surface area (Å²) in [4.78, 5) is 30.2. The smallest absolute Gasteiger partial charge is 0.293 e. The van der Waals surface area contributed by atoms with Crippen molar-refractivity contribution in [1.82, 2.24) is 14.9 Å². The SMILES string of the molecule is CNC(=O)COc1cc2cc(Nc3nc(N4CC(C)C(F)(F)C(N)C4)c(C#N)cc3Cl)ccc2n(C)c1=O. The molecular weight excluding hydrogens is 520 g/mol. The number of anilines is 3. The number of piperidine rings is 1. The zero-order chi connectivity index (χ0) is 27.8. The molecule has 2 aromatic heterocycles. The van der Waals surface area contributed by atoms with Crippen molar-refractivity contribution >= 4 is 45.7 Å². The number of halogens is 3. The average Bonchev–Trinajstić information content (AvgIpc) is 2.89. The summed E-state index contributed by atoms with van der Waals surface area (Å²) in [6, 6.07) is 8.71. The van der Waals surface area contributed by atoms with Crippen molar-refractivity contribution in [1.29, 1.82) is 5.26 Å². The van der Waals surface area contributed by atoms with Gasteiger partial charge >= 0.3 is 0 Å². The number of pyridine rings is 2. The van der Waals surface area contributed by atoms with E-state index in [1.54, 1.807) is 30.1 Å². The molecular formula is C25H26ClF2N7O3. The molecule has 0 bridgehead atoms. The van der Waals surface area contributed by atoms with E-state index in [1.165, 1.54) is 30.7 Å². The second-order valence-corrected chi connectivity index (χ2v) is 9.53. The Morgan fingerprint density at radius 2 is 2.08 bits per heavy atom. The highest BCUT2D eigenvalue weighted by Gasteiger charge is 2.48. The van der Waals surface area contributed by atoms with Crippen LogP contribution >= 0.6 is 11.6 Å². The van der Waals surface area contributed by atoms with Crippen molar-refractivity contribution < 1.29 is 18.3 Å². The van der Waals surface area contributed by atoms with Gasteiger partial charge in [-0.05, 0) is 30.3 Å². The highest BCUT2D eigenvalue weighted by Crippen LogP contribution is 2.37. The standard InChI is InChI=1S/C25H26ClF2N7O3/c1-13-10-35(11-20(30)25(13,27)28)23-15(9-29)7-17(26)22(33-23)32-16-4-5-18-14(6-16)8-19(24(37)34(18)3)38-12-21(36)31-2/h4-8,13,20H,10-12,30H2,1-3H3,(H,31,36)(H,32,33). The normalized spacial score (nSPS) is 18.6. The van der Waals surface area contributed by atoms with Crippen LogP contribution in [0.5, 0.6) is 5.75 Å². The van der Waals surface area contributed by atoms with Gasteiger partial charge in [0, 0.05) is 44.2 Å². The minimum Gasteiger partial charge on any atom is -0.478 e. The molecule has 1 aliphatic heterocycles. The van der Waals surface area contributed by atoms with Crippen LogP contribution in [0, 0.1) is 17.2 Å². The maximum atomic E-state index is 14.3. The second-order valence-electron chi connectivity index (χ2n) is 9.12. The highest BCUT2D eigenvalue weighted by molar-refractivity contribution is 6.33. The van der Waals surface area contributed by atoms with Gasteiger partial charge in [0.25, 0.3) is 17.4 Å². The van der Waals surface area contributed by atoms with Gasteiger partial charge in [0.15, 0.2) is 18.2 Å². The van der Waals surface area contributed by atoms with Crippen LogP contribution in [0.3, 0.4) is 0 Å². The molecule has 38 heavy (non-hydrogen) atoms. The zero-order valence-electron chi connectivity index (χ0n) is 20.9. The van der Waals surface area contributed by atoms with Crippen molar-refractivity contribution in [2.24, 2.45) is 18.7 Å². The Hall–Kier alpha value is -3.95. The van der Waals surface area contributed by atoms with Crippen LogP contribution in [0.1, 0.15) is 12.5 Å². The number of nitrogens with one attached hydrogen (secondary N) is 2. The second kappa shape index (κ2) is 10.4. The molecule has 3 heterocycles. The van der Waals surface area contributed by atoms with Crippen LogP contribution in [0.4, 0.5) is 26.1 Å². The molecule has 4 rings (SSSR count). The molecule has 0 radical (unpaired) electrons. The minimum absolute atomic E-state index is 0.00456. The van der Waals surface area contributed by atoms with E-state index in [2.05, 4.69) is 15.6 Å². The minimum atomic E-state index is -3.04. The van der Waals surface area contributed by atoms with Crippen LogP contribution in [0.15, 0.2) is 35.1 Å². The fraction of sp³-hybridized carbons (Fsp3) is 0.360. The van der Waals surface area contributed by atoms with Gasteiger partial charge in [-0.2, -0.15) is 5.26 Å². The summed E-state index contributed by atoms with van der Waals surface area (Å²) in [5, 5.41) is 15.9. The Morgan fingerprint density at radius 3 is 2.74 bits per heavy atom. The number of carbonyl (C=O) groups is 1. The zero-order valence-corrected chi connectivity index (χ0v) is 21.6. The van der Waals surface area contributed by atoms with Gasteiger partial charge < -0.3 is 30.6 Å². The molecule has 0 spiro atoms. The number of alkyl halides is 2. The summed E-state index contributed by atoms with van der Waals surface area (Å²) in [6.07, 6.45) is 0. The lowest BCUT2D eigenvalue weighted by Gasteiger charge is -2.41. The number of hydrogen-bond acceptors (Lipinski definition) is 8. The van der Waals surface area contributed by atoms with Gasteiger partial charge in [0.05, 0.1) is 22.1 Å². The summed E-state index contributed by atoms with van der Waals surface area (Å²) < 4.78 is 35.4. The Balaban J connectivity index is 1.68. The number of amides is 1. The topological polar surface area (TPSA) is 138 Å². The molecule has 2 atom stereocenters. The molecule has 1 aromatic carbocycles. The van der Waals surface area contributed by atoms with E-state index >= 15 is 0 Å². The maximum Gasteiger partial charge on any atom is 0.293 e. The number of benzene rings is 1. The van der Waals surface area contributed by atoms with E-state index in [0.717, 1.165) is 0 Å². The van der Waals surface area contributed by atoms with Crippen LogP contribution < -0.4 is 31.6 Å². The lowest BCUT2D eigenvalue weighted by atomic mass is 9.91. The monoisotopic (exact) mass is 545 g/mol. The molecule has 1 fully saturated rings. The Kier molecular flexibility index (Phi) is 7.44. The van der Waals surface area contributed by atoms with Gasteiger partial charge in [0.1, 0.15) is 11.9 Å². The number of nitrogens with two attached hydrogens (primary N) is 1. The molecule has 0 aliphatic carbocycles. The number of nitrogens with zero attached hydrogens (tertiary/aromatic N) is 4. The van der Waals surface area contributed by atoms with E-state index in [-0.39, 0.29) is 53.6 Å². The molecule has 1 saturated heterocycles. The van der Waals surface area contributed by atoms with E-state index in [0.29, 0.717) is 16.6 Å². The first kappa shape index (κ1) is 27.1. The van der Waals surface area contributed by atoms with Gasteiger partial charge in [-0.25, -0.2) is 13.8 Å². The molecule has 3 aromatic rings. The largest absolute Gasteiger partial charge is 0.478 e. The van der Waals surface area contributed by atoms with E-state index < -0.39 is 23.4 Å². The predicted octanol–water partition coefficient (Wildman–Crippen LogP) is 2.75. The van der Waals surface area contributed by atoms with Gasteiger partial charge in [-0.3, -0.25) is 9.59 Å². The van der Waals surface area contributed by atoms with E-state index in [1.807, 2.05) is 6.07 Å². The number of ether oxygens (including phenoxy) is 1. The quantitative estimate of drug-likeness (QED) is 0.430. The molecule has 13 heteroatoms. The number of carbonyl (C=O) groups excluding carboxylic acids is 1. The summed E-state index contributed by atoms with van der Waals surface area (Å²) in [6.45, 7) is 0.880. The number of aryl methyl sites for hydroxylation is 1. The summed E-state index contributed by atoms with van der Waals surface area (Å²) in [5.74, 6) is -4.05. The number of fused-ring (bicyclic) bond motifs is 1. The average molecular weight is 546 g/mol. The van der Waals surface area contributed by atoms with Crippen LogP contribution in [0.2, 0.25) is 5.02 Å². The van der Waals surface area contributed by atoms with E-state index in [9.17, 15) is 23.6 Å². The van der Waals surface area contributed by atoms with Gasteiger partial charge in [-0.1, -0.05) is 18.5 Å². The van der Waals surface area contributed by atoms with Crippen molar-refractivity contribution in [3.63, 3.8) is 0 Å². The summed E-state index contributed by atoms with van der Waals surface area (Å²) >= 11 is 6.40. The Morgan fingerprint density at radius 1 is 1.34 bits per heavy atom. The third-order valence-electron chi connectivity index (χ3n) is 6.53. The fourth-order valence-electron chi connectivity index (χ4n) is 4.30. The van der Waals surface area contributed by atoms with Crippen molar-refractivity contribution in [2.75, 3.05) is 37.0 Å². The lowest BCUT2D eigenvalue weighted by molar-refractivity contribution is -0.122. The Bertz CT molecular complexity index is 1490. The molecule has 200 valence electrons. The van der Waals surface area contributed by atoms with Crippen LogP contribution in [0.25, 0.3) is 10.9 Å². The highest BCUT2D eigenvalue weighted by atomic mass is 35.5. The fourth-order valence-corrected chi connectivity index (χ4v) is 4.50. The number of hydrogen-bond donors (Lipinski definition) is 3. The third kappa shape index (κ3) is 5.07. The number of nitriles is 1. The van der Waals surface area contributed by atoms with Gasteiger partial charge in [-0.15, -0.1) is 0 Å². The molecule has 4 N–H and O–H groups in total. The number of likely N-dealkylation sites (N-methyl/N-ethyl adjacent to an activating group) is 1. The third-order valence-corrected chi connectivity index (χ3v) is 6.82. The van der Waals surface area contributed by atoms with Crippen molar-refractivity contribution in [3.8, 4) is 11.8 Å². The van der Waals surface area contributed by atoms with Crippen molar-refractivity contribution in [3.05, 3.63) is 51.3 Å². The summed E-state index contributed by atoms with van der Waals surface area (Å²) in [7, 11) is 3.05. The molecule has 1 aliphatic rings. The van der Waals surface area contributed by atoms with E-state index in [4.69, 9.17) is 22.1 Å². The molecule has 0 saturated carbocycles. The maximum absolute atomic E-state index is 14.3. The first-order valence-corrected chi connectivity index (χ1v) is 12.1. The first-order valence-electron chi connectivity index (χ1n) is 11.7. The lowest BCUT2D eigenvalue weighted by Crippen LogP contribution is -2.60. The first-order chi connectivity index (χ1) is 18.0.